The van der Waals surface area contributed by atoms with Crippen LogP contribution < -0.4 is 10.6 Å². The molecule has 3 nitrogen and oxygen atoms in total. The van der Waals surface area contributed by atoms with E-state index in [9.17, 15) is 4.79 Å². The van der Waals surface area contributed by atoms with Crippen molar-refractivity contribution in [2.24, 2.45) is 0 Å². The van der Waals surface area contributed by atoms with Gasteiger partial charge in [-0.2, -0.15) is 0 Å². The monoisotopic (exact) mass is 156 g/mol. The fourth-order valence-corrected chi connectivity index (χ4v) is 1.19. The molecule has 0 aromatic rings. The molecule has 0 aromatic carbocycles. The summed E-state index contributed by atoms with van der Waals surface area (Å²) < 4.78 is 0. The number of nitrogens with one attached hydrogen (secondary N) is 2. The molecule has 0 saturated carbocycles. The van der Waals surface area contributed by atoms with E-state index in [2.05, 4.69) is 10.6 Å². The maximum atomic E-state index is 10.1. The van der Waals surface area contributed by atoms with Crippen LogP contribution in [-0.4, -0.2) is 25.5 Å². The van der Waals surface area contributed by atoms with Gasteiger partial charge in [0.1, 0.15) is 0 Å². The molecule has 0 unspecified atom stereocenters. The summed E-state index contributed by atoms with van der Waals surface area (Å²) in [7, 11) is 0. The molecule has 2 saturated heterocycles. The molecule has 0 atom stereocenters. The second-order valence-corrected chi connectivity index (χ2v) is 2.91. The van der Waals surface area contributed by atoms with Gasteiger partial charge in [-0.25, -0.2) is 0 Å². The summed E-state index contributed by atoms with van der Waals surface area (Å²) in [4.78, 5) is 10.1. The summed E-state index contributed by atoms with van der Waals surface area (Å²) in [6, 6.07) is 0. The molecule has 3 heteroatoms. The van der Waals surface area contributed by atoms with Gasteiger partial charge in [0, 0.05) is 13.0 Å². The molecular formula is C8H16N2O. The zero-order chi connectivity index (χ0) is 7.94. The number of hydrogen-bond donors (Lipinski definition) is 2. The zero-order valence-electron chi connectivity index (χ0n) is 6.86. The molecule has 2 aliphatic heterocycles. The van der Waals surface area contributed by atoms with Gasteiger partial charge in [0.15, 0.2) is 0 Å². The van der Waals surface area contributed by atoms with E-state index in [4.69, 9.17) is 0 Å². The van der Waals surface area contributed by atoms with Crippen molar-refractivity contribution in [2.45, 2.75) is 25.7 Å². The first kappa shape index (κ1) is 8.53. The normalized spacial score (nSPS) is 22.4. The van der Waals surface area contributed by atoms with Crippen molar-refractivity contribution < 1.29 is 4.79 Å². The molecule has 2 N–H and O–H groups in total. The van der Waals surface area contributed by atoms with Crippen molar-refractivity contribution in [1.82, 2.24) is 10.6 Å². The highest BCUT2D eigenvalue weighted by molar-refractivity contribution is 5.77. The van der Waals surface area contributed by atoms with Gasteiger partial charge in [-0.15, -0.1) is 0 Å². The number of hydrogen-bond acceptors (Lipinski definition) is 2. The van der Waals surface area contributed by atoms with Gasteiger partial charge in [-0.3, -0.25) is 4.79 Å². The minimum Gasteiger partial charge on any atom is -0.356 e. The van der Waals surface area contributed by atoms with Crippen LogP contribution in [0.4, 0.5) is 0 Å². The lowest BCUT2D eigenvalue weighted by Crippen LogP contribution is -2.12. The molecule has 2 fully saturated rings. The Labute approximate surface area is 67.5 Å². The van der Waals surface area contributed by atoms with Gasteiger partial charge in [0.2, 0.25) is 5.91 Å². The summed E-state index contributed by atoms with van der Waals surface area (Å²) in [5, 5.41) is 5.90. The highest BCUT2D eigenvalue weighted by Gasteiger charge is 2.05. The van der Waals surface area contributed by atoms with Crippen molar-refractivity contribution >= 4 is 5.91 Å². The van der Waals surface area contributed by atoms with E-state index in [0.29, 0.717) is 0 Å². The van der Waals surface area contributed by atoms with Crippen LogP contribution in [0.3, 0.4) is 0 Å². The maximum absolute atomic E-state index is 10.1. The van der Waals surface area contributed by atoms with E-state index in [0.717, 1.165) is 19.4 Å². The molecule has 0 aliphatic carbocycles. The van der Waals surface area contributed by atoms with Crippen LogP contribution in [0.2, 0.25) is 0 Å². The molecule has 11 heavy (non-hydrogen) atoms. The Hall–Kier alpha value is -0.570. The smallest absolute Gasteiger partial charge is 0.220 e. The summed E-state index contributed by atoms with van der Waals surface area (Å²) in [6.45, 7) is 3.39. The number of carbonyl (C=O) groups is 1. The topological polar surface area (TPSA) is 41.1 Å². The molecule has 2 rings (SSSR count). The van der Waals surface area contributed by atoms with Crippen LogP contribution in [0.25, 0.3) is 0 Å². The Balaban J connectivity index is 0.000000112. The van der Waals surface area contributed by atoms with E-state index in [1.807, 2.05) is 0 Å². The van der Waals surface area contributed by atoms with Gasteiger partial charge in [-0.05, 0) is 32.4 Å². The minimum atomic E-state index is 0.204. The molecule has 2 aliphatic rings. The molecule has 1 amide bonds. The van der Waals surface area contributed by atoms with Crippen molar-refractivity contribution in [2.75, 3.05) is 19.6 Å². The highest BCUT2D eigenvalue weighted by Crippen LogP contribution is 1.93. The molecule has 2 heterocycles. The van der Waals surface area contributed by atoms with Crippen LogP contribution in [0.5, 0.6) is 0 Å². The minimum absolute atomic E-state index is 0.204. The molecule has 0 spiro atoms. The first-order chi connectivity index (χ1) is 5.39. The second-order valence-electron chi connectivity index (χ2n) is 2.91. The van der Waals surface area contributed by atoms with Gasteiger partial charge < -0.3 is 10.6 Å². The average molecular weight is 156 g/mol. The van der Waals surface area contributed by atoms with E-state index in [-0.39, 0.29) is 5.91 Å². The van der Waals surface area contributed by atoms with Gasteiger partial charge in [-0.1, -0.05) is 0 Å². The first-order valence-electron chi connectivity index (χ1n) is 4.37. The van der Waals surface area contributed by atoms with E-state index in [1.165, 1.54) is 25.9 Å². The fourth-order valence-electron chi connectivity index (χ4n) is 1.19. The number of amides is 1. The van der Waals surface area contributed by atoms with Gasteiger partial charge in [0.05, 0.1) is 0 Å². The van der Waals surface area contributed by atoms with Crippen LogP contribution in [0, 0.1) is 0 Å². The van der Waals surface area contributed by atoms with Gasteiger partial charge in [0.25, 0.3) is 0 Å². The molecular weight excluding hydrogens is 140 g/mol. The standard InChI is InChI=1S/C4H7NO.C4H9N/c6-4-2-1-3-5-4;1-2-4-5-3-1/h1-3H2,(H,5,6);5H,1-4H2. The Morgan fingerprint density at radius 3 is 1.91 bits per heavy atom. The quantitative estimate of drug-likeness (QED) is 0.528. The summed E-state index contributed by atoms with van der Waals surface area (Å²) >= 11 is 0. The Bertz CT molecular complexity index is 106. The van der Waals surface area contributed by atoms with Crippen LogP contribution in [0.15, 0.2) is 0 Å². The molecule has 0 radical (unpaired) electrons. The lowest BCUT2D eigenvalue weighted by atomic mass is 10.4. The largest absolute Gasteiger partial charge is 0.356 e. The molecule has 0 bridgehead atoms. The average Bonchev–Trinajstić information content (AvgIpc) is 2.57. The third-order valence-electron chi connectivity index (χ3n) is 1.86. The van der Waals surface area contributed by atoms with Crippen molar-refractivity contribution in [3.05, 3.63) is 0 Å². The van der Waals surface area contributed by atoms with Crippen LogP contribution in [-0.2, 0) is 4.79 Å². The maximum Gasteiger partial charge on any atom is 0.220 e. The van der Waals surface area contributed by atoms with Crippen molar-refractivity contribution in [3.8, 4) is 0 Å². The third kappa shape index (κ3) is 3.98. The summed E-state index contributed by atoms with van der Waals surface area (Å²) in [5.41, 5.74) is 0. The third-order valence-corrected chi connectivity index (χ3v) is 1.86. The molecule has 0 aromatic heterocycles. The first-order valence-corrected chi connectivity index (χ1v) is 4.37. The van der Waals surface area contributed by atoms with Crippen molar-refractivity contribution in [3.63, 3.8) is 0 Å². The number of carbonyl (C=O) groups excluding carboxylic acids is 1. The summed E-state index contributed by atoms with van der Waals surface area (Å²) in [6.07, 6.45) is 4.54. The Kier molecular flexibility index (Phi) is 3.98. The molecule has 64 valence electrons. The predicted molar refractivity (Wildman–Crippen MR) is 44.3 cm³/mol. The Morgan fingerprint density at radius 2 is 1.73 bits per heavy atom. The SMILES string of the molecule is C1CCNC1.O=C1CCCN1. The van der Waals surface area contributed by atoms with E-state index < -0.39 is 0 Å². The van der Waals surface area contributed by atoms with E-state index in [1.54, 1.807) is 0 Å². The van der Waals surface area contributed by atoms with Crippen LogP contribution in [0.1, 0.15) is 25.7 Å². The van der Waals surface area contributed by atoms with Crippen molar-refractivity contribution in [1.29, 1.82) is 0 Å². The zero-order valence-corrected chi connectivity index (χ0v) is 6.86. The summed E-state index contributed by atoms with van der Waals surface area (Å²) in [5.74, 6) is 0.204. The lowest BCUT2D eigenvalue weighted by molar-refractivity contribution is -0.119. The van der Waals surface area contributed by atoms with Crippen LogP contribution >= 0.6 is 0 Å². The highest BCUT2D eigenvalue weighted by atomic mass is 16.1. The number of rotatable bonds is 0. The van der Waals surface area contributed by atoms with E-state index >= 15 is 0 Å². The Morgan fingerprint density at radius 1 is 1.00 bits per heavy atom. The second kappa shape index (κ2) is 5.13. The lowest BCUT2D eigenvalue weighted by Gasteiger charge is -1.80. The predicted octanol–water partition coefficient (Wildman–Crippen LogP) is 0.266. The van der Waals surface area contributed by atoms with Gasteiger partial charge >= 0.3 is 0 Å². The fraction of sp³-hybridized carbons (Fsp3) is 0.875.